The fraction of sp³-hybridized carbons (Fsp3) is 0.500. The van der Waals surface area contributed by atoms with Gasteiger partial charge in [-0.15, -0.1) is 0 Å². The van der Waals surface area contributed by atoms with Gasteiger partial charge in [-0.2, -0.15) is 0 Å². The first-order valence-corrected chi connectivity index (χ1v) is 12.3. The summed E-state index contributed by atoms with van der Waals surface area (Å²) in [6, 6.07) is 23.3. The highest BCUT2D eigenvalue weighted by atomic mass is 15.4. The van der Waals surface area contributed by atoms with Crippen LogP contribution in [0.4, 0.5) is 0 Å². The molecule has 0 bridgehead atoms. The molecule has 0 amide bonds. The zero-order valence-electron chi connectivity index (χ0n) is 19.9. The summed E-state index contributed by atoms with van der Waals surface area (Å²) in [5.74, 6) is 3.54. The van der Waals surface area contributed by atoms with Gasteiger partial charge in [-0.25, -0.2) is 0 Å². The first-order valence-electron chi connectivity index (χ1n) is 12.3. The largest absolute Gasteiger partial charge is 0.342 e. The minimum atomic E-state index is 0.242. The Morgan fingerprint density at radius 1 is 0.656 bits per heavy atom. The number of hydrogen-bond donors (Lipinski definition) is 0. The first-order chi connectivity index (χ1) is 15.5. The van der Waals surface area contributed by atoms with Gasteiger partial charge in [0.1, 0.15) is 0 Å². The van der Waals surface area contributed by atoms with Gasteiger partial charge in [-0.1, -0.05) is 88.4 Å². The summed E-state index contributed by atoms with van der Waals surface area (Å²) in [7, 11) is 0. The van der Waals surface area contributed by atoms with Gasteiger partial charge in [0.15, 0.2) is 11.7 Å². The Labute approximate surface area is 193 Å². The number of nitrogens with zero attached hydrogens (tertiary/aromatic N) is 4. The zero-order chi connectivity index (χ0) is 22.2. The van der Waals surface area contributed by atoms with E-state index in [9.17, 15) is 0 Å². The number of piperazine rings is 1. The Morgan fingerprint density at radius 2 is 1.03 bits per heavy atom. The molecule has 3 aliphatic rings. The second kappa shape index (κ2) is 8.73. The molecule has 0 unspecified atom stereocenters. The summed E-state index contributed by atoms with van der Waals surface area (Å²) in [4.78, 5) is 15.7. The molecule has 1 saturated heterocycles. The average Bonchev–Trinajstić information content (AvgIpc) is 3.36. The van der Waals surface area contributed by atoms with Crippen LogP contribution in [-0.4, -0.2) is 46.6 Å². The topological polar surface area (TPSA) is 31.2 Å². The zero-order valence-corrected chi connectivity index (χ0v) is 19.9. The second-order valence-electron chi connectivity index (χ2n) is 10.5. The lowest BCUT2D eigenvalue weighted by Crippen LogP contribution is -2.54. The Balaban J connectivity index is 1.62. The van der Waals surface area contributed by atoms with Gasteiger partial charge < -0.3 is 9.80 Å². The van der Waals surface area contributed by atoms with Gasteiger partial charge in [0.25, 0.3) is 0 Å². The summed E-state index contributed by atoms with van der Waals surface area (Å²) in [6.07, 6.45) is 2.25. The molecule has 168 valence electrons. The highest BCUT2D eigenvalue weighted by Crippen LogP contribution is 2.46. The van der Waals surface area contributed by atoms with Crippen molar-refractivity contribution in [1.82, 2.24) is 9.80 Å². The molecule has 3 aliphatic heterocycles. The van der Waals surface area contributed by atoms with Crippen LogP contribution in [0.2, 0.25) is 0 Å². The molecule has 2 aromatic rings. The smallest absolute Gasteiger partial charge is 0.168 e. The molecule has 0 radical (unpaired) electrons. The Bertz CT molecular complexity index is 898. The molecule has 4 atom stereocenters. The summed E-state index contributed by atoms with van der Waals surface area (Å²) >= 11 is 0. The maximum Gasteiger partial charge on any atom is 0.168 e. The third kappa shape index (κ3) is 3.96. The van der Waals surface area contributed by atoms with E-state index in [0.29, 0.717) is 23.9 Å². The number of rotatable bonds is 6. The van der Waals surface area contributed by atoms with Crippen molar-refractivity contribution in [2.45, 2.75) is 64.7 Å². The Morgan fingerprint density at radius 3 is 1.38 bits per heavy atom. The molecule has 0 aromatic heterocycles. The van der Waals surface area contributed by atoms with E-state index in [2.05, 4.69) is 98.2 Å². The van der Waals surface area contributed by atoms with Crippen LogP contribution < -0.4 is 0 Å². The molecule has 3 heterocycles. The first kappa shape index (κ1) is 21.2. The van der Waals surface area contributed by atoms with E-state index >= 15 is 0 Å². The van der Waals surface area contributed by atoms with Crippen LogP contribution in [0.25, 0.3) is 0 Å². The van der Waals surface area contributed by atoms with E-state index in [1.807, 2.05) is 0 Å². The third-order valence-corrected chi connectivity index (χ3v) is 6.91. The molecule has 0 aliphatic carbocycles. The summed E-state index contributed by atoms with van der Waals surface area (Å²) in [6.45, 7) is 11.2. The van der Waals surface area contributed by atoms with E-state index in [0.717, 1.165) is 37.6 Å². The van der Waals surface area contributed by atoms with Crippen LogP contribution >= 0.6 is 0 Å². The van der Waals surface area contributed by atoms with Gasteiger partial charge in [0.05, 0.1) is 24.2 Å². The molecule has 2 aromatic carbocycles. The van der Waals surface area contributed by atoms with E-state index in [1.165, 1.54) is 11.1 Å². The van der Waals surface area contributed by atoms with Crippen molar-refractivity contribution in [3.8, 4) is 0 Å². The maximum absolute atomic E-state index is 5.28. The van der Waals surface area contributed by atoms with Crippen LogP contribution in [0.5, 0.6) is 0 Å². The van der Waals surface area contributed by atoms with Crippen molar-refractivity contribution >= 4 is 11.7 Å². The molecule has 0 N–H and O–H groups in total. The number of amidine groups is 2. The van der Waals surface area contributed by atoms with Crippen molar-refractivity contribution in [3.63, 3.8) is 0 Å². The maximum atomic E-state index is 5.28. The minimum Gasteiger partial charge on any atom is -0.342 e. The van der Waals surface area contributed by atoms with Crippen molar-refractivity contribution < 1.29 is 0 Å². The van der Waals surface area contributed by atoms with Crippen LogP contribution in [0.15, 0.2) is 70.6 Å². The van der Waals surface area contributed by atoms with Crippen LogP contribution in [0.1, 0.15) is 63.7 Å². The Hall–Kier alpha value is -2.62. The monoisotopic (exact) mass is 428 g/mol. The number of benzene rings is 2. The number of hydrogen-bond acceptors (Lipinski definition) is 4. The van der Waals surface area contributed by atoms with E-state index in [1.54, 1.807) is 0 Å². The lowest BCUT2D eigenvalue weighted by Gasteiger charge is -2.47. The molecule has 1 fully saturated rings. The van der Waals surface area contributed by atoms with E-state index in [4.69, 9.17) is 9.98 Å². The molecular weight excluding hydrogens is 392 g/mol. The molecule has 0 spiro atoms. The SMILES string of the molecule is CC(C)C[C@H]1CN2C(=N1)C1=N[C@@H](CC(C)C)CN1[C@@H](c1ccccc1)[C@@H]2c1ccccc1. The predicted molar refractivity (Wildman–Crippen MR) is 133 cm³/mol. The van der Waals surface area contributed by atoms with Gasteiger partial charge in [-0.3, -0.25) is 9.98 Å². The predicted octanol–water partition coefficient (Wildman–Crippen LogP) is 5.74. The molecule has 4 nitrogen and oxygen atoms in total. The molecule has 32 heavy (non-hydrogen) atoms. The van der Waals surface area contributed by atoms with Gasteiger partial charge in [0.2, 0.25) is 0 Å². The standard InChI is InChI=1S/C28H36N4/c1-19(2)15-23-17-31-25(21-11-7-5-8-12-21)26(22-13-9-6-10-14-22)32-18-24(16-20(3)4)30-28(32)27(31)29-23/h5-14,19-20,23-26H,15-18H2,1-4H3/t23-,24-,25-,26-/m0/s1. The summed E-state index contributed by atoms with van der Waals surface area (Å²) in [5, 5.41) is 0. The summed E-state index contributed by atoms with van der Waals surface area (Å²) < 4.78 is 0. The molecule has 4 heteroatoms. The molecular formula is C28H36N4. The van der Waals surface area contributed by atoms with Crippen molar-refractivity contribution in [1.29, 1.82) is 0 Å². The molecule has 0 saturated carbocycles. The lowest BCUT2D eigenvalue weighted by molar-refractivity contribution is 0.164. The van der Waals surface area contributed by atoms with Crippen LogP contribution in [-0.2, 0) is 0 Å². The quantitative estimate of drug-likeness (QED) is 0.587. The minimum absolute atomic E-state index is 0.242. The fourth-order valence-corrected chi connectivity index (χ4v) is 5.77. The normalized spacial score (nSPS) is 26.9. The van der Waals surface area contributed by atoms with Gasteiger partial charge in [0, 0.05) is 13.1 Å². The number of aliphatic imine (C=N–C) groups is 2. The van der Waals surface area contributed by atoms with Gasteiger partial charge >= 0.3 is 0 Å². The second-order valence-corrected chi connectivity index (χ2v) is 10.5. The van der Waals surface area contributed by atoms with Crippen molar-refractivity contribution in [3.05, 3.63) is 71.8 Å². The average molecular weight is 429 g/mol. The van der Waals surface area contributed by atoms with Crippen molar-refractivity contribution in [2.24, 2.45) is 21.8 Å². The van der Waals surface area contributed by atoms with Crippen LogP contribution in [0.3, 0.4) is 0 Å². The lowest BCUT2D eigenvalue weighted by atomic mass is 9.88. The van der Waals surface area contributed by atoms with Crippen LogP contribution in [0, 0.1) is 11.8 Å². The Kier molecular flexibility index (Phi) is 5.79. The van der Waals surface area contributed by atoms with Gasteiger partial charge in [-0.05, 0) is 35.8 Å². The van der Waals surface area contributed by atoms with E-state index in [-0.39, 0.29) is 12.1 Å². The summed E-state index contributed by atoms with van der Waals surface area (Å²) in [5.41, 5.74) is 2.73. The van der Waals surface area contributed by atoms with Crippen molar-refractivity contribution in [2.75, 3.05) is 13.1 Å². The highest BCUT2D eigenvalue weighted by molar-refractivity contribution is 6.41. The highest BCUT2D eigenvalue weighted by Gasteiger charge is 2.50. The third-order valence-electron chi connectivity index (χ3n) is 6.91. The number of fused-ring (bicyclic) bond motifs is 3. The molecule has 5 rings (SSSR count). The van der Waals surface area contributed by atoms with E-state index < -0.39 is 0 Å². The fourth-order valence-electron chi connectivity index (χ4n) is 5.77.